The molecule has 8 heteroatoms. The molecule has 0 radical (unpaired) electrons. The Kier molecular flexibility index (Phi) is 6.29. The van der Waals surface area contributed by atoms with Crippen LogP contribution >= 0.6 is 0 Å². The van der Waals surface area contributed by atoms with Crippen LogP contribution in [0.5, 0.6) is 0 Å². The van der Waals surface area contributed by atoms with Crippen LogP contribution in [0.3, 0.4) is 0 Å². The zero-order chi connectivity index (χ0) is 18.6. The van der Waals surface area contributed by atoms with E-state index in [1.165, 1.54) is 4.31 Å². The Bertz CT molecular complexity index is 731. The van der Waals surface area contributed by atoms with Crippen LogP contribution in [0.4, 0.5) is 0 Å². The second kappa shape index (κ2) is 8.47. The molecule has 26 heavy (non-hydrogen) atoms. The topological polar surface area (TPSA) is 76.2 Å². The third-order valence-corrected chi connectivity index (χ3v) is 7.28. The van der Waals surface area contributed by atoms with Crippen LogP contribution < -0.4 is 0 Å². The Morgan fingerprint density at radius 2 is 1.96 bits per heavy atom. The zero-order valence-electron chi connectivity index (χ0n) is 15.1. The van der Waals surface area contributed by atoms with Crippen LogP contribution in [0.2, 0.25) is 0 Å². The highest BCUT2D eigenvalue weighted by Gasteiger charge is 2.37. The number of sulfonamides is 1. The number of carbonyl (C=O) groups excluding carboxylic acids is 1. The number of nitrogens with zero attached hydrogens (tertiary/aromatic N) is 2. The summed E-state index contributed by atoms with van der Waals surface area (Å²) in [4.78, 5) is 14.7. The van der Waals surface area contributed by atoms with Crippen LogP contribution in [-0.4, -0.2) is 75.3 Å². The maximum atomic E-state index is 13.0. The van der Waals surface area contributed by atoms with Gasteiger partial charge in [0.05, 0.1) is 25.1 Å². The molecular formula is C18H26N2O5S. The first kappa shape index (κ1) is 19.3. The summed E-state index contributed by atoms with van der Waals surface area (Å²) in [6, 6.07) is 7.32. The highest BCUT2D eigenvalue weighted by Crippen LogP contribution is 2.23. The molecular weight excluding hydrogens is 356 g/mol. The van der Waals surface area contributed by atoms with Crippen molar-refractivity contribution in [1.82, 2.24) is 9.21 Å². The maximum Gasteiger partial charge on any atom is 0.254 e. The van der Waals surface area contributed by atoms with Crippen molar-refractivity contribution in [2.45, 2.75) is 24.7 Å². The molecule has 1 aromatic carbocycles. The van der Waals surface area contributed by atoms with Crippen LogP contribution in [0.25, 0.3) is 0 Å². The van der Waals surface area contributed by atoms with Crippen molar-refractivity contribution in [3.05, 3.63) is 35.4 Å². The van der Waals surface area contributed by atoms with Gasteiger partial charge in [0.25, 0.3) is 5.91 Å². The normalized spacial score (nSPS) is 22.3. The number of amides is 1. The van der Waals surface area contributed by atoms with Gasteiger partial charge in [-0.25, -0.2) is 8.42 Å². The van der Waals surface area contributed by atoms with E-state index in [-0.39, 0.29) is 12.5 Å². The molecule has 7 nitrogen and oxygen atoms in total. The molecule has 2 heterocycles. The molecule has 2 saturated heterocycles. The van der Waals surface area contributed by atoms with Gasteiger partial charge in [-0.1, -0.05) is 18.2 Å². The molecule has 144 valence electrons. The van der Waals surface area contributed by atoms with Gasteiger partial charge in [-0.15, -0.1) is 0 Å². The first-order valence-corrected chi connectivity index (χ1v) is 10.5. The quantitative estimate of drug-likeness (QED) is 0.762. The Labute approximate surface area is 154 Å². The molecule has 1 atom stereocenters. The van der Waals surface area contributed by atoms with Crippen molar-refractivity contribution < 1.29 is 22.7 Å². The minimum absolute atomic E-state index is 0.125. The number of rotatable bonds is 5. The molecule has 0 aliphatic carbocycles. The Morgan fingerprint density at radius 3 is 2.69 bits per heavy atom. The van der Waals surface area contributed by atoms with E-state index in [4.69, 9.17) is 9.47 Å². The fourth-order valence-electron chi connectivity index (χ4n) is 3.56. The standard InChI is InChI=1S/C18H26N2O5S/c1-24-14-15-5-2-3-7-17(15)18(21)19-8-4-6-16(13-19)26(22,23)20-9-11-25-12-10-20/h2-3,5,7,16H,4,6,8-14H2,1H3. The second-order valence-electron chi connectivity index (χ2n) is 6.66. The van der Waals surface area contributed by atoms with Crippen LogP contribution in [0.1, 0.15) is 28.8 Å². The minimum atomic E-state index is -3.42. The van der Waals surface area contributed by atoms with Gasteiger partial charge in [0.1, 0.15) is 0 Å². The van der Waals surface area contributed by atoms with Crippen molar-refractivity contribution >= 4 is 15.9 Å². The molecule has 1 aromatic rings. The number of hydrogen-bond acceptors (Lipinski definition) is 5. The molecule has 0 bridgehead atoms. The number of benzene rings is 1. The summed E-state index contributed by atoms with van der Waals surface area (Å²) in [5.41, 5.74) is 1.40. The smallest absolute Gasteiger partial charge is 0.254 e. The van der Waals surface area contributed by atoms with Gasteiger partial charge in [-0.05, 0) is 24.5 Å². The third-order valence-electron chi connectivity index (χ3n) is 4.96. The predicted octanol–water partition coefficient (Wildman–Crippen LogP) is 1.10. The van der Waals surface area contributed by atoms with E-state index in [0.29, 0.717) is 57.9 Å². The summed E-state index contributed by atoms with van der Waals surface area (Å²) in [6.07, 6.45) is 1.27. The highest BCUT2D eigenvalue weighted by atomic mass is 32.2. The molecule has 1 unspecified atom stereocenters. The first-order valence-electron chi connectivity index (χ1n) is 8.97. The Morgan fingerprint density at radius 1 is 1.23 bits per heavy atom. The molecule has 2 fully saturated rings. The summed E-state index contributed by atoms with van der Waals surface area (Å²) in [5.74, 6) is -0.125. The molecule has 1 amide bonds. The van der Waals surface area contributed by atoms with Gasteiger partial charge in [-0.3, -0.25) is 4.79 Å². The van der Waals surface area contributed by atoms with E-state index in [2.05, 4.69) is 0 Å². The van der Waals surface area contributed by atoms with Gasteiger partial charge < -0.3 is 14.4 Å². The maximum absolute atomic E-state index is 13.0. The predicted molar refractivity (Wildman–Crippen MR) is 97.4 cm³/mol. The second-order valence-corrected chi connectivity index (χ2v) is 8.87. The molecule has 0 spiro atoms. The van der Waals surface area contributed by atoms with E-state index in [1.807, 2.05) is 18.2 Å². The van der Waals surface area contributed by atoms with E-state index in [1.54, 1.807) is 18.1 Å². The summed E-state index contributed by atoms with van der Waals surface area (Å²) < 4.78 is 37.8. The number of likely N-dealkylation sites (tertiary alicyclic amines) is 1. The van der Waals surface area contributed by atoms with Gasteiger partial charge in [0.2, 0.25) is 10.0 Å². The van der Waals surface area contributed by atoms with Gasteiger partial charge in [0.15, 0.2) is 0 Å². The fraction of sp³-hybridized carbons (Fsp3) is 0.611. The molecule has 0 saturated carbocycles. The summed E-state index contributed by atoms with van der Waals surface area (Å²) in [5, 5.41) is -0.548. The SMILES string of the molecule is COCc1ccccc1C(=O)N1CCCC(S(=O)(=O)N2CCOCC2)C1. The Hall–Kier alpha value is -1.48. The molecule has 0 N–H and O–H groups in total. The average molecular weight is 382 g/mol. The summed E-state index contributed by atoms with van der Waals surface area (Å²) >= 11 is 0. The molecule has 2 aliphatic rings. The Balaban J connectivity index is 1.75. The number of ether oxygens (including phenoxy) is 2. The van der Waals surface area contributed by atoms with Crippen molar-refractivity contribution in [2.75, 3.05) is 46.5 Å². The molecule has 2 aliphatic heterocycles. The number of hydrogen-bond donors (Lipinski definition) is 0. The van der Waals surface area contributed by atoms with E-state index in [9.17, 15) is 13.2 Å². The third kappa shape index (κ3) is 4.09. The lowest BCUT2D eigenvalue weighted by molar-refractivity contribution is 0.0683. The van der Waals surface area contributed by atoms with Crippen LogP contribution in [-0.2, 0) is 26.1 Å². The zero-order valence-corrected chi connectivity index (χ0v) is 15.9. The van der Waals surface area contributed by atoms with E-state index < -0.39 is 15.3 Å². The summed E-state index contributed by atoms with van der Waals surface area (Å²) in [7, 11) is -1.83. The number of methoxy groups -OCH3 is 1. The largest absolute Gasteiger partial charge is 0.380 e. The number of piperidine rings is 1. The van der Waals surface area contributed by atoms with E-state index in [0.717, 1.165) is 5.56 Å². The van der Waals surface area contributed by atoms with E-state index >= 15 is 0 Å². The first-order chi connectivity index (χ1) is 12.5. The number of carbonyl (C=O) groups is 1. The van der Waals surface area contributed by atoms with Gasteiger partial charge in [0, 0.05) is 38.9 Å². The van der Waals surface area contributed by atoms with Crippen molar-refractivity contribution in [3.8, 4) is 0 Å². The highest BCUT2D eigenvalue weighted by molar-refractivity contribution is 7.89. The van der Waals surface area contributed by atoms with Crippen LogP contribution in [0.15, 0.2) is 24.3 Å². The van der Waals surface area contributed by atoms with Gasteiger partial charge in [-0.2, -0.15) is 4.31 Å². The minimum Gasteiger partial charge on any atom is -0.380 e. The lowest BCUT2D eigenvalue weighted by Crippen LogP contribution is -2.51. The molecule has 3 rings (SSSR count). The molecule has 0 aromatic heterocycles. The lowest BCUT2D eigenvalue weighted by Gasteiger charge is -2.36. The van der Waals surface area contributed by atoms with Crippen LogP contribution in [0, 0.1) is 0 Å². The monoisotopic (exact) mass is 382 g/mol. The van der Waals surface area contributed by atoms with Crippen molar-refractivity contribution in [1.29, 1.82) is 0 Å². The average Bonchev–Trinajstić information content (AvgIpc) is 2.69. The van der Waals surface area contributed by atoms with Crippen molar-refractivity contribution in [3.63, 3.8) is 0 Å². The lowest BCUT2D eigenvalue weighted by atomic mass is 10.0. The fourth-order valence-corrected chi connectivity index (χ4v) is 5.47. The summed E-state index contributed by atoms with van der Waals surface area (Å²) in [6.45, 7) is 2.81. The van der Waals surface area contributed by atoms with Crippen molar-refractivity contribution in [2.24, 2.45) is 0 Å². The number of morpholine rings is 1. The van der Waals surface area contributed by atoms with Gasteiger partial charge >= 0.3 is 0 Å².